The van der Waals surface area contributed by atoms with Gasteiger partial charge in [0.25, 0.3) is 0 Å². The molecule has 1 aromatic carbocycles. The molecule has 0 spiro atoms. The zero-order chi connectivity index (χ0) is 19.3. The van der Waals surface area contributed by atoms with Gasteiger partial charge in [0.15, 0.2) is 17.5 Å². The van der Waals surface area contributed by atoms with Gasteiger partial charge in [-0.2, -0.15) is 0 Å². The third-order valence-corrected chi connectivity index (χ3v) is 5.29. The molecular weight excluding hydrogens is 360 g/mol. The minimum atomic E-state index is -0.116. The summed E-state index contributed by atoms with van der Waals surface area (Å²) >= 11 is 1.69. The van der Waals surface area contributed by atoms with Crippen molar-refractivity contribution in [1.29, 1.82) is 0 Å². The number of thiazole rings is 1. The molecule has 1 aromatic heterocycles. The second-order valence-electron chi connectivity index (χ2n) is 7.18. The molecule has 0 radical (unpaired) electrons. The topological polar surface area (TPSA) is 67.8 Å². The maximum absolute atomic E-state index is 5.51. The molecular formula is C20H28N4O2S. The highest BCUT2D eigenvalue weighted by molar-refractivity contribution is 7.09. The molecule has 0 saturated heterocycles. The largest absolute Gasteiger partial charge is 0.454 e. The highest BCUT2D eigenvalue weighted by Crippen LogP contribution is 2.36. The maximum atomic E-state index is 5.51. The second-order valence-corrected chi connectivity index (χ2v) is 8.24. The number of guanidine groups is 1. The van der Waals surface area contributed by atoms with Crippen molar-refractivity contribution in [2.24, 2.45) is 4.99 Å². The van der Waals surface area contributed by atoms with E-state index in [9.17, 15) is 0 Å². The Hall–Kier alpha value is -2.28. The SMILES string of the molecule is CCNC(=NCC(C)(C)c1ccc2c(c1)OCO2)NCCc1csc(C)n1. The van der Waals surface area contributed by atoms with Gasteiger partial charge < -0.3 is 20.1 Å². The van der Waals surface area contributed by atoms with Gasteiger partial charge in [-0.25, -0.2) is 4.98 Å². The van der Waals surface area contributed by atoms with Crippen molar-refractivity contribution in [3.05, 3.63) is 39.8 Å². The van der Waals surface area contributed by atoms with Crippen LogP contribution in [0.3, 0.4) is 0 Å². The molecule has 1 aliphatic rings. The third-order valence-electron chi connectivity index (χ3n) is 4.47. The van der Waals surface area contributed by atoms with E-state index >= 15 is 0 Å². The van der Waals surface area contributed by atoms with Crippen LogP contribution in [-0.2, 0) is 11.8 Å². The van der Waals surface area contributed by atoms with E-state index in [0.717, 1.165) is 47.7 Å². The average molecular weight is 389 g/mol. The first kappa shape index (κ1) is 19.5. The number of aryl methyl sites for hydroxylation is 1. The number of hydrogen-bond donors (Lipinski definition) is 2. The zero-order valence-corrected chi connectivity index (χ0v) is 17.3. The second kappa shape index (κ2) is 8.61. The van der Waals surface area contributed by atoms with Crippen molar-refractivity contribution >= 4 is 17.3 Å². The lowest BCUT2D eigenvalue weighted by Crippen LogP contribution is -2.39. The molecule has 0 amide bonds. The fourth-order valence-electron chi connectivity index (χ4n) is 2.86. The van der Waals surface area contributed by atoms with Crippen LogP contribution in [-0.4, -0.2) is 37.4 Å². The number of benzene rings is 1. The molecule has 1 aliphatic heterocycles. The van der Waals surface area contributed by atoms with Gasteiger partial charge in [-0.05, 0) is 31.5 Å². The van der Waals surface area contributed by atoms with E-state index in [1.54, 1.807) is 11.3 Å². The van der Waals surface area contributed by atoms with Crippen LogP contribution in [0.15, 0.2) is 28.6 Å². The summed E-state index contributed by atoms with van der Waals surface area (Å²) < 4.78 is 10.9. The summed E-state index contributed by atoms with van der Waals surface area (Å²) in [5.74, 6) is 2.46. The fourth-order valence-corrected chi connectivity index (χ4v) is 3.51. The van der Waals surface area contributed by atoms with Crippen molar-refractivity contribution in [2.45, 2.75) is 39.5 Å². The Balaban J connectivity index is 1.60. The number of aromatic nitrogens is 1. The number of ether oxygens (including phenoxy) is 2. The van der Waals surface area contributed by atoms with Gasteiger partial charge in [-0.15, -0.1) is 11.3 Å². The van der Waals surface area contributed by atoms with Gasteiger partial charge in [-0.1, -0.05) is 19.9 Å². The van der Waals surface area contributed by atoms with Gasteiger partial charge >= 0.3 is 0 Å². The Morgan fingerprint density at radius 1 is 1.26 bits per heavy atom. The first-order valence-corrected chi connectivity index (χ1v) is 10.2. The van der Waals surface area contributed by atoms with Crippen LogP contribution in [0.5, 0.6) is 11.5 Å². The van der Waals surface area contributed by atoms with Crippen molar-refractivity contribution in [3.8, 4) is 11.5 Å². The lowest BCUT2D eigenvalue weighted by atomic mass is 9.84. The van der Waals surface area contributed by atoms with Crippen molar-refractivity contribution in [1.82, 2.24) is 15.6 Å². The first-order chi connectivity index (χ1) is 13.0. The summed E-state index contributed by atoms with van der Waals surface area (Å²) in [7, 11) is 0. The summed E-state index contributed by atoms with van der Waals surface area (Å²) in [6, 6.07) is 6.12. The molecule has 2 heterocycles. The van der Waals surface area contributed by atoms with E-state index in [4.69, 9.17) is 14.5 Å². The van der Waals surface area contributed by atoms with Crippen LogP contribution >= 0.6 is 11.3 Å². The van der Waals surface area contributed by atoms with Crippen molar-refractivity contribution in [3.63, 3.8) is 0 Å². The molecule has 2 aromatic rings. The van der Waals surface area contributed by atoms with Crippen LogP contribution in [0.4, 0.5) is 0 Å². The summed E-state index contributed by atoms with van der Waals surface area (Å²) in [4.78, 5) is 9.30. The smallest absolute Gasteiger partial charge is 0.231 e. The molecule has 6 nitrogen and oxygen atoms in total. The zero-order valence-electron chi connectivity index (χ0n) is 16.5. The minimum absolute atomic E-state index is 0.116. The Morgan fingerprint density at radius 3 is 2.81 bits per heavy atom. The molecule has 7 heteroatoms. The average Bonchev–Trinajstić information content (AvgIpc) is 3.27. The van der Waals surface area contributed by atoms with Crippen LogP contribution in [0.1, 0.15) is 37.0 Å². The molecule has 146 valence electrons. The lowest BCUT2D eigenvalue weighted by molar-refractivity contribution is 0.174. The third kappa shape index (κ3) is 5.13. The fraction of sp³-hybridized carbons (Fsp3) is 0.500. The maximum Gasteiger partial charge on any atom is 0.231 e. The van der Waals surface area contributed by atoms with Crippen LogP contribution in [0.25, 0.3) is 0 Å². The van der Waals surface area contributed by atoms with E-state index in [2.05, 4.69) is 53.9 Å². The van der Waals surface area contributed by atoms with E-state index < -0.39 is 0 Å². The summed E-state index contributed by atoms with van der Waals surface area (Å²) in [6.07, 6.45) is 0.889. The van der Waals surface area contributed by atoms with Gasteiger partial charge in [0.05, 0.1) is 17.2 Å². The number of aliphatic imine (C=N–C) groups is 1. The number of rotatable bonds is 7. The molecule has 0 bridgehead atoms. The summed E-state index contributed by atoms with van der Waals surface area (Å²) in [6.45, 7) is 11.1. The van der Waals surface area contributed by atoms with Gasteiger partial charge in [0, 0.05) is 30.3 Å². The number of nitrogens with one attached hydrogen (secondary N) is 2. The first-order valence-electron chi connectivity index (χ1n) is 9.31. The Labute approximate surface area is 165 Å². The normalized spacial score (nSPS) is 13.7. The quantitative estimate of drug-likeness (QED) is 0.563. The van der Waals surface area contributed by atoms with E-state index in [0.29, 0.717) is 13.3 Å². The Kier molecular flexibility index (Phi) is 6.21. The van der Waals surface area contributed by atoms with Crippen LogP contribution in [0, 0.1) is 6.92 Å². The summed E-state index contributed by atoms with van der Waals surface area (Å²) in [5, 5.41) is 9.94. The highest BCUT2D eigenvalue weighted by Gasteiger charge is 2.24. The molecule has 0 atom stereocenters. The molecule has 0 aliphatic carbocycles. The van der Waals surface area contributed by atoms with Crippen molar-refractivity contribution < 1.29 is 9.47 Å². The Morgan fingerprint density at radius 2 is 2.07 bits per heavy atom. The summed E-state index contributed by atoms with van der Waals surface area (Å²) in [5.41, 5.74) is 2.20. The van der Waals surface area contributed by atoms with Gasteiger partial charge in [-0.3, -0.25) is 4.99 Å². The molecule has 0 saturated carbocycles. The lowest BCUT2D eigenvalue weighted by Gasteiger charge is -2.24. The Bertz CT molecular complexity index is 801. The van der Waals surface area contributed by atoms with Crippen LogP contribution in [0.2, 0.25) is 0 Å². The van der Waals surface area contributed by atoms with Crippen molar-refractivity contribution in [2.75, 3.05) is 26.4 Å². The minimum Gasteiger partial charge on any atom is -0.454 e. The molecule has 0 unspecified atom stereocenters. The predicted octanol–water partition coefficient (Wildman–Crippen LogP) is 3.26. The highest BCUT2D eigenvalue weighted by atomic mass is 32.1. The molecule has 27 heavy (non-hydrogen) atoms. The molecule has 0 fully saturated rings. The number of nitrogens with zero attached hydrogens (tertiary/aromatic N) is 2. The van der Waals surface area contributed by atoms with Gasteiger partial charge in [0.1, 0.15) is 0 Å². The van der Waals surface area contributed by atoms with E-state index in [1.165, 1.54) is 5.56 Å². The number of hydrogen-bond acceptors (Lipinski definition) is 5. The molecule has 3 rings (SSSR count). The van der Waals surface area contributed by atoms with Gasteiger partial charge in [0.2, 0.25) is 6.79 Å². The monoisotopic (exact) mass is 388 g/mol. The number of fused-ring (bicyclic) bond motifs is 1. The molecule has 2 N–H and O–H groups in total. The van der Waals surface area contributed by atoms with Crippen LogP contribution < -0.4 is 20.1 Å². The van der Waals surface area contributed by atoms with E-state index in [-0.39, 0.29) is 5.41 Å². The predicted molar refractivity (Wildman–Crippen MR) is 110 cm³/mol. The standard InChI is InChI=1S/C20H28N4O2S/c1-5-21-19(22-9-8-16-11-27-14(2)24-16)23-12-20(3,4)15-6-7-17-18(10-15)26-13-25-17/h6-7,10-11H,5,8-9,12-13H2,1-4H3,(H2,21,22,23). The van der Waals surface area contributed by atoms with E-state index in [1.807, 2.05) is 13.0 Å².